The van der Waals surface area contributed by atoms with E-state index in [1.165, 1.54) is 6.07 Å². The largest absolute Gasteiger partial charge is 0.368 e. The lowest BCUT2D eigenvalue weighted by atomic mass is 10.1. The molecule has 0 saturated carbocycles. The number of nitrogens with one attached hydrogen (secondary N) is 1. The van der Waals surface area contributed by atoms with Crippen LogP contribution in [0.4, 0.5) is 0 Å². The minimum atomic E-state index is -3.88. The van der Waals surface area contributed by atoms with Gasteiger partial charge in [-0.2, -0.15) is 4.72 Å². The smallest absolute Gasteiger partial charge is 0.242 e. The molecule has 7 heteroatoms. The summed E-state index contributed by atoms with van der Waals surface area (Å²) in [5.41, 5.74) is 5.80. The zero-order valence-corrected chi connectivity index (χ0v) is 13.3. The number of benzene rings is 2. The van der Waals surface area contributed by atoms with Crippen LogP contribution in [0.1, 0.15) is 11.6 Å². The predicted octanol–water partition coefficient (Wildman–Crippen LogP) is 1.95. The van der Waals surface area contributed by atoms with Crippen LogP contribution < -0.4 is 10.5 Å². The average molecular weight is 369 g/mol. The van der Waals surface area contributed by atoms with E-state index in [0.717, 1.165) is 0 Å². The van der Waals surface area contributed by atoms with Crippen LogP contribution in [0.5, 0.6) is 0 Å². The Morgan fingerprint density at radius 1 is 1.05 bits per heavy atom. The first-order valence-electron chi connectivity index (χ1n) is 6.03. The Bertz CT molecular complexity index is 748. The molecule has 5 nitrogen and oxygen atoms in total. The maximum absolute atomic E-state index is 12.4. The minimum absolute atomic E-state index is 0.0483. The van der Waals surface area contributed by atoms with E-state index in [-0.39, 0.29) is 4.90 Å². The topological polar surface area (TPSA) is 89.3 Å². The standard InChI is InChI=1S/C14H13BrN2O3S/c15-11-8-4-5-9-12(11)21(19,20)17-13(14(16)18)10-6-2-1-3-7-10/h1-9,13,17H,(H2,16,18). The van der Waals surface area contributed by atoms with E-state index in [2.05, 4.69) is 20.7 Å². The second-order valence-corrected chi connectivity index (χ2v) is 6.83. The van der Waals surface area contributed by atoms with Gasteiger partial charge < -0.3 is 5.73 Å². The van der Waals surface area contributed by atoms with E-state index in [9.17, 15) is 13.2 Å². The van der Waals surface area contributed by atoms with Gasteiger partial charge in [-0.1, -0.05) is 42.5 Å². The summed E-state index contributed by atoms with van der Waals surface area (Å²) in [4.78, 5) is 11.6. The van der Waals surface area contributed by atoms with Crippen LogP contribution in [0, 0.1) is 0 Å². The highest BCUT2D eigenvalue weighted by atomic mass is 79.9. The van der Waals surface area contributed by atoms with Crippen LogP contribution >= 0.6 is 15.9 Å². The summed E-state index contributed by atoms with van der Waals surface area (Å²) < 4.78 is 27.5. The molecule has 0 aliphatic carbocycles. The molecular weight excluding hydrogens is 356 g/mol. The molecule has 110 valence electrons. The Morgan fingerprint density at radius 2 is 1.62 bits per heavy atom. The van der Waals surface area contributed by atoms with Gasteiger partial charge in [0, 0.05) is 4.47 Å². The van der Waals surface area contributed by atoms with Crippen LogP contribution in [0.15, 0.2) is 64.0 Å². The van der Waals surface area contributed by atoms with Crippen molar-refractivity contribution in [2.75, 3.05) is 0 Å². The zero-order valence-electron chi connectivity index (χ0n) is 10.9. The van der Waals surface area contributed by atoms with Crippen molar-refractivity contribution in [1.82, 2.24) is 4.72 Å². The van der Waals surface area contributed by atoms with Gasteiger partial charge in [-0.25, -0.2) is 8.42 Å². The lowest BCUT2D eigenvalue weighted by Gasteiger charge is -2.16. The van der Waals surface area contributed by atoms with Crippen LogP contribution in [-0.2, 0) is 14.8 Å². The van der Waals surface area contributed by atoms with Crippen molar-refractivity contribution in [2.45, 2.75) is 10.9 Å². The van der Waals surface area contributed by atoms with Gasteiger partial charge in [-0.05, 0) is 33.6 Å². The Kier molecular flexibility index (Phi) is 4.76. The molecule has 0 heterocycles. The van der Waals surface area contributed by atoms with Gasteiger partial charge in [0.1, 0.15) is 6.04 Å². The predicted molar refractivity (Wildman–Crippen MR) is 82.8 cm³/mol. The van der Waals surface area contributed by atoms with E-state index >= 15 is 0 Å². The Hall–Kier alpha value is -1.70. The molecule has 0 fully saturated rings. The van der Waals surface area contributed by atoms with Crippen LogP contribution in [-0.4, -0.2) is 14.3 Å². The van der Waals surface area contributed by atoms with E-state index in [1.54, 1.807) is 48.5 Å². The van der Waals surface area contributed by atoms with Gasteiger partial charge in [-0.3, -0.25) is 4.79 Å². The molecule has 0 aliphatic rings. The average Bonchev–Trinajstić information content (AvgIpc) is 2.46. The first-order chi connectivity index (χ1) is 9.92. The fraction of sp³-hybridized carbons (Fsp3) is 0.0714. The number of carbonyl (C=O) groups excluding carboxylic acids is 1. The summed E-state index contributed by atoms with van der Waals surface area (Å²) in [6, 6.07) is 13.7. The molecule has 0 radical (unpaired) electrons. The second kappa shape index (κ2) is 6.38. The summed E-state index contributed by atoms with van der Waals surface area (Å²) in [7, 11) is -3.88. The fourth-order valence-corrected chi connectivity index (χ4v) is 4.01. The number of amides is 1. The van der Waals surface area contributed by atoms with Crippen molar-refractivity contribution in [3.05, 3.63) is 64.6 Å². The summed E-state index contributed by atoms with van der Waals surface area (Å²) in [6.07, 6.45) is 0. The van der Waals surface area contributed by atoms with E-state index in [4.69, 9.17) is 5.73 Å². The molecule has 0 spiro atoms. The van der Waals surface area contributed by atoms with Crippen molar-refractivity contribution in [2.24, 2.45) is 5.73 Å². The second-order valence-electron chi connectivity index (χ2n) is 4.30. The Balaban J connectivity index is 2.38. The summed E-state index contributed by atoms with van der Waals surface area (Å²) in [5, 5.41) is 0. The van der Waals surface area contributed by atoms with Crippen molar-refractivity contribution >= 4 is 31.9 Å². The third-order valence-electron chi connectivity index (χ3n) is 2.82. The van der Waals surface area contributed by atoms with Gasteiger partial charge in [-0.15, -0.1) is 0 Å². The molecule has 2 rings (SSSR count). The maximum Gasteiger partial charge on any atom is 0.242 e. The molecule has 0 aromatic heterocycles. The first kappa shape index (κ1) is 15.7. The molecule has 1 amide bonds. The molecule has 0 bridgehead atoms. The number of carbonyl (C=O) groups is 1. The number of hydrogen-bond donors (Lipinski definition) is 2. The Morgan fingerprint density at radius 3 is 2.19 bits per heavy atom. The number of primary amides is 1. The number of hydrogen-bond acceptors (Lipinski definition) is 3. The first-order valence-corrected chi connectivity index (χ1v) is 8.30. The quantitative estimate of drug-likeness (QED) is 0.844. The monoisotopic (exact) mass is 368 g/mol. The van der Waals surface area contributed by atoms with E-state index in [0.29, 0.717) is 10.0 Å². The normalized spacial score (nSPS) is 12.8. The minimum Gasteiger partial charge on any atom is -0.368 e. The summed E-state index contributed by atoms with van der Waals surface area (Å²) >= 11 is 3.18. The van der Waals surface area contributed by atoms with Gasteiger partial charge in [0.2, 0.25) is 15.9 Å². The molecule has 21 heavy (non-hydrogen) atoms. The van der Waals surface area contributed by atoms with Gasteiger partial charge >= 0.3 is 0 Å². The molecular formula is C14H13BrN2O3S. The molecule has 0 aliphatic heterocycles. The van der Waals surface area contributed by atoms with Crippen molar-refractivity contribution in [3.63, 3.8) is 0 Å². The summed E-state index contributed by atoms with van der Waals surface area (Å²) in [6.45, 7) is 0. The SMILES string of the molecule is NC(=O)C(NS(=O)(=O)c1ccccc1Br)c1ccccc1. The molecule has 1 atom stereocenters. The van der Waals surface area contributed by atoms with E-state index < -0.39 is 22.0 Å². The van der Waals surface area contributed by atoms with Crippen LogP contribution in [0.2, 0.25) is 0 Å². The molecule has 3 N–H and O–H groups in total. The van der Waals surface area contributed by atoms with Crippen LogP contribution in [0.3, 0.4) is 0 Å². The third-order valence-corrected chi connectivity index (χ3v) is 5.25. The molecule has 1 unspecified atom stereocenters. The Labute approximate surface area is 131 Å². The molecule has 2 aromatic rings. The molecule has 0 saturated heterocycles. The fourth-order valence-electron chi connectivity index (χ4n) is 1.82. The van der Waals surface area contributed by atoms with Gasteiger partial charge in [0.15, 0.2) is 0 Å². The number of sulfonamides is 1. The number of halogens is 1. The highest BCUT2D eigenvalue weighted by Crippen LogP contribution is 2.23. The number of rotatable bonds is 5. The molecule has 2 aromatic carbocycles. The lowest BCUT2D eigenvalue weighted by Crippen LogP contribution is -2.37. The maximum atomic E-state index is 12.4. The van der Waals surface area contributed by atoms with Gasteiger partial charge in [0.25, 0.3) is 0 Å². The van der Waals surface area contributed by atoms with Gasteiger partial charge in [0.05, 0.1) is 4.90 Å². The highest BCUT2D eigenvalue weighted by molar-refractivity contribution is 9.10. The van der Waals surface area contributed by atoms with Crippen molar-refractivity contribution in [3.8, 4) is 0 Å². The number of nitrogens with two attached hydrogens (primary N) is 1. The highest BCUT2D eigenvalue weighted by Gasteiger charge is 2.26. The summed E-state index contributed by atoms with van der Waals surface area (Å²) in [5.74, 6) is -0.767. The zero-order chi connectivity index (χ0) is 15.5. The van der Waals surface area contributed by atoms with Crippen LogP contribution in [0.25, 0.3) is 0 Å². The third kappa shape index (κ3) is 3.69. The lowest BCUT2D eigenvalue weighted by molar-refractivity contribution is -0.119. The van der Waals surface area contributed by atoms with Crippen molar-refractivity contribution in [1.29, 1.82) is 0 Å². The van der Waals surface area contributed by atoms with E-state index in [1.807, 2.05) is 0 Å². The van der Waals surface area contributed by atoms with Crippen molar-refractivity contribution < 1.29 is 13.2 Å².